The maximum atomic E-state index is 12.0. The molecule has 136 valence electrons. The fourth-order valence-electron chi connectivity index (χ4n) is 2.07. The van der Waals surface area contributed by atoms with Crippen molar-refractivity contribution < 1.29 is 9.53 Å². The van der Waals surface area contributed by atoms with Crippen LogP contribution in [0.3, 0.4) is 0 Å². The highest BCUT2D eigenvalue weighted by Gasteiger charge is 2.07. The molecule has 0 aliphatic carbocycles. The number of halogens is 1. The van der Waals surface area contributed by atoms with E-state index in [2.05, 4.69) is 20.9 Å². The molecule has 0 aliphatic heterocycles. The van der Waals surface area contributed by atoms with Crippen molar-refractivity contribution in [3.63, 3.8) is 0 Å². The molecule has 6 nitrogen and oxygen atoms in total. The third kappa shape index (κ3) is 8.49. The molecule has 1 rings (SSSR count). The Balaban J connectivity index is 0.00000529. The molecule has 1 atom stereocenters. The van der Waals surface area contributed by atoms with E-state index < -0.39 is 0 Å². The second kappa shape index (κ2) is 13.0. The topological polar surface area (TPSA) is 74.8 Å². The lowest BCUT2D eigenvalue weighted by atomic mass is 10.1. The zero-order valence-corrected chi connectivity index (χ0v) is 17.2. The van der Waals surface area contributed by atoms with Crippen molar-refractivity contribution in [2.45, 2.75) is 32.9 Å². The van der Waals surface area contributed by atoms with E-state index in [1.54, 1.807) is 14.2 Å². The highest BCUT2D eigenvalue weighted by atomic mass is 127. The quantitative estimate of drug-likeness (QED) is 0.324. The number of hydrogen-bond donors (Lipinski definition) is 3. The predicted molar refractivity (Wildman–Crippen MR) is 109 cm³/mol. The van der Waals surface area contributed by atoms with Gasteiger partial charge >= 0.3 is 0 Å². The van der Waals surface area contributed by atoms with E-state index >= 15 is 0 Å². The van der Waals surface area contributed by atoms with Crippen LogP contribution in [0.5, 0.6) is 0 Å². The Hall–Kier alpha value is -1.35. The smallest absolute Gasteiger partial charge is 0.251 e. The van der Waals surface area contributed by atoms with E-state index in [1.165, 1.54) is 0 Å². The third-order valence-electron chi connectivity index (χ3n) is 3.21. The van der Waals surface area contributed by atoms with Crippen LogP contribution >= 0.6 is 24.0 Å². The Morgan fingerprint density at radius 1 is 1.33 bits per heavy atom. The molecule has 3 N–H and O–H groups in total. The van der Waals surface area contributed by atoms with Gasteiger partial charge in [-0.2, -0.15) is 0 Å². The first-order valence-electron chi connectivity index (χ1n) is 7.94. The van der Waals surface area contributed by atoms with Crippen LogP contribution in [-0.2, 0) is 11.3 Å². The van der Waals surface area contributed by atoms with Crippen molar-refractivity contribution in [2.24, 2.45) is 4.99 Å². The van der Waals surface area contributed by atoms with E-state index in [4.69, 9.17) is 4.74 Å². The Bertz CT molecular complexity index is 523. The largest absolute Gasteiger partial charge is 0.383 e. The SMILES string of the molecule is CCCNC(=O)c1cccc(CNC(=NC)NC(C)COC)c1.I. The van der Waals surface area contributed by atoms with Crippen LogP contribution < -0.4 is 16.0 Å². The van der Waals surface area contributed by atoms with Gasteiger partial charge < -0.3 is 20.7 Å². The lowest BCUT2D eigenvalue weighted by Crippen LogP contribution is -2.43. The van der Waals surface area contributed by atoms with E-state index in [0.717, 1.165) is 12.0 Å². The average Bonchev–Trinajstić information content (AvgIpc) is 2.56. The minimum Gasteiger partial charge on any atom is -0.383 e. The first-order chi connectivity index (χ1) is 11.1. The summed E-state index contributed by atoms with van der Waals surface area (Å²) in [5.74, 6) is 0.667. The van der Waals surface area contributed by atoms with Crippen molar-refractivity contribution in [2.75, 3.05) is 27.3 Å². The molecule has 1 amide bonds. The number of hydrogen-bond acceptors (Lipinski definition) is 3. The fraction of sp³-hybridized carbons (Fsp3) is 0.529. The van der Waals surface area contributed by atoms with Gasteiger partial charge in [-0.3, -0.25) is 9.79 Å². The standard InChI is InChI=1S/C17H28N4O2.HI/c1-5-9-19-16(22)15-8-6-7-14(10-15)11-20-17(18-3)21-13(2)12-23-4;/h6-8,10,13H,5,9,11-12H2,1-4H3,(H,19,22)(H2,18,20,21);1H. The molecule has 1 aromatic rings. The van der Waals surface area contributed by atoms with Gasteiger partial charge in [0.15, 0.2) is 5.96 Å². The van der Waals surface area contributed by atoms with Gasteiger partial charge in [0.25, 0.3) is 5.91 Å². The second-order valence-corrected chi connectivity index (χ2v) is 5.38. The normalized spacial score (nSPS) is 12.1. The first-order valence-corrected chi connectivity index (χ1v) is 7.94. The Labute approximate surface area is 161 Å². The molecule has 24 heavy (non-hydrogen) atoms. The van der Waals surface area contributed by atoms with E-state index in [1.807, 2.05) is 38.1 Å². The molecule has 0 spiro atoms. The summed E-state index contributed by atoms with van der Waals surface area (Å²) in [7, 11) is 3.40. The number of amides is 1. The van der Waals surface area contributed by atoms with Crippen molar-refractivity contribution in [1.29, 1.82) is 0 Å². The van der Waals surface area contributed by atoms with Gasteiger partial charge in [-0.25, -0.2) is 0 Å². The highest BCUT2D eigenvalue weighted by molar-refractivity contribution is 14.0. The summed E-state index contributed by atoms with van der Waals surface area (Å²) in [6.07, 6.45) is 0.925. The number of carbonyl (C=O) groups excluding carboxylic acids is 1. The summed E-state index contributed by atoms with van der Waals surface area (Å²) in [5, 5.41) is 9.36. The lowest BCUT2D eigenvalue weighted by Gasteiger charge is -2.17. The molecule has 1 aromatic carbocycles. The summed E-state index contributed by atoms with van der Waals surface area (Å²) in [6.45, 7) is 5.94. The molecule has 0 bridgehead atoms. The van der Waals surface area contributed by atoms with Crippen molar-refractivity contribution in [1.82, 2.24) is 16.0 Å². The van der Waals surface area contributed by atoms with Crippen molar-refractivity contribution >= 4 is 35.8 Å². The number of nitrogens with zero attached hydrogens (tertiary/aromatic N) is 1. The zero-order chi connectivity index (χ0) is 17.1. The van der Waals surface area contributed by atoms with Crippen LogP contribution in [0, 0.1) is 0 Å². The molecule has 0 aromatic heterocycles. The van der Waals surface area contributed by atoms with Crippen LogP contribution in [0.2, 0.25) is 0 Å². The van der Waals surface area contributed by atoms with Gasteiger partial charge in [0.2, 0.25) is 0 Å². The molecule has 0 saturated heterocycles. The fourth-order valence-corrected chi connectivity index (χ4v) is 2.07. The molecular formula is C17H29IN4O2. The monoisotopic (exact) mass is 448 g/mol. The van der Waals surface area contributed by atoms with E-state index in [0.29, 0.717) is 31.2 Å². The van der Waals surface area contributed by atoms with Crippen molar-refractivity contribution in [3.05, 3.63) is 35.4 Å². The van der Waals surface area contributed by atoms with E-state index in [-0.39, 0.29) is 35.9 Å². The van der Waals surface area contributed by atoms with Gasteiger partial charge in [0, 0.05) is 38.9 Å². The van der Waals surface area contributed by atoms with Crippen molar-refractivity contribution in [3.8, 4) is 0 Å². The molecular weight excluding hydrogens is 419 g/mol. The Morgan fingerprint density at radius 2 is 2.08 bits per heavy atom. The molecule has 0 radical (unpaired) electrons. The number of ether oxygens (including phenoxy) is 1. The predicted octanol–water partition coefficient (Wildman–Crippen LogP) is 2.14. The molecule has 1 unspecified atom stereocenters. The van der Waals surface area contributed by atoms with Crippen LogP contribution in [0.4, 0.5) is 0 Å². The van der Waals surface area contributed by atoms with Crippen LogP contribution in [0.15, 0.2) is 29.3 Å². The van der Waals surface area contributed by atoms with Gasteiger partial charge in [-0.1, -0.05) is 19.1 Å². The second-order valence-electron chi connectivity index (χ2n) is 5.38. The Morgan fingerprint density at radius 3 is 2.71 bits per heavy atom. The Kier molecular flexibility index (Phi) is 12.3. The van der Waals surface area contributed by atoms with Crippen LogP contribution in [-0.4, -0.2) is 45.2 Å². The number of guanidine groups is 1. The summed E-state index contributed by atoms with van der Waals surface area (Å²) in [5.41, 5.74) is 1.70. The van der Waals surface area contributed by atoms with Gasteiger partial charge in [0.05, 0.1) is 6.61 Å². The first kappa shape index (κ1) is 22.6. The number of nitrogens with one attached hydrogen (secondary N) is 3. The van der Waals surface area contributed by atoms with Crippen LogP contribution in [0.25, 0.3) is 0 Å². The molecule has 0 fully saturated rings. The number of methoxy groups -OCH3 is 1. The average molecular weight is 448 g/mol. The minimum absolute atomic E-state index is 0. The molecule has 0 saturated carbocycles. The number of rotatable bonds is 8. The minimum atomic E-state index is -0.0371. The third-order valence-corrected chi connectivity index (χ3v) is 3.21. The molecule has 0 heterocycles. The highest BCUT2D eigenvalue weighted by Crippen LogP contribution is 2.05. The van der Waals surface area contributed by atoms with Gasteiger partial charge in [-0.05, 0) is 31.0 Å². The summed E-state index contributed by atoms with van der Waals surface area (Å²) < 4.78 is 5.10. The van der Waals surface area contributed by atoms with Gasteiger partial charge in [0.1, 0.15) is 0 Å². The zero-order valence-electron chi connectivity index (χ0n) is 14.9. The molecule has 0 aliphatic rings. The lowest BCUT2D eigenvalue weighted by molar-refractivity contribution is 0.0953. The maximum Gasteiger partial charge on any atom is 0.251 e. The summed E-state index contributed by atoms with van der Waals surface area (Å²) >= 11 is 0. The number of aliphatic imine (C=N–C) groups is 1. The number of carbonyl (C=O) groups is 1. The number of benzene rings is 1. The summed E-state index contributed by atoms with van der Waals surface area (Å²) in [4.78, 5) is 16.2. The molecule has 7 heteroatoms. The maximum absolute atomic E-state index is 12.0. The van der Waals surface area contributed by atoms with Crippen LogP contribution in [0.1, 0.15) is 36.2 Å². The van der Waals surface area contributed by atoms with Gasteiger partial charge in [-0.15, -0.1) is 24.0 Å². The van der Waals surface area contributed by atoms with E-state index in [9.17, 15) is 4.79 Å². The summed E-state index contributed by atoms with van der Waals surface area (Å²) in [6, 6.07) is 7.75.